The number of hydrogen-bond donors (Lipinski definition) is 1. The summed E-state index contributed by atoms with van der Waals surface area (Å²) >= 11 is 0. The van der Waals surface area contributed by atoms with Gasteiger partial charge in [0.05, 0.1) is 5.54 Å². The highest BCUT2D eigenvalue weighted by atomic mass is 16.2. The van der Waals surface area contributed by atoms with E-state index < -0.39 is 5.54 Å². The average molecular weight is 511 g/mol. The number of amides is 2. The minimum absolute atomic E-state index is 0.0167. The molecule has 1 aliphatic heterocycles. The molecule has 2 aromatic carbocycles. The molecule has 38 heavy (non-hydrogen) atoms. The molecule has 0 radical (unpaired) electrons. The molecule has 1 heterocycles. The second-order valence-electron chi connectivity index (χ2n) is 13.1. The molecule has 2 amide bonds. The molecule has 4 nitrogen and oxygen atoms in total. The molecule has 200 valence electrons. The van der Waals surface area contributed by atoms with Gasteiger partial charge in [-0.05, 0) is 85.8 Å². The van der Waals surface area contributed by atoms with Gasteiger partial charge in [-0.2, -0.15) is 0 Å². The lowest BCUT2D eigenvalue weighted by atomic mass is 9.47. The van der Waals surface area contributed by atoms with Crippen molar-refractivity contribution in [3.63, 3.8) is 0 Å². The van der Waals surface area contributed by atoms with Gasteiger partial charge in [0.1, 0.15) is 0 Å². The van der Waals surface area contributed by atoms with Crippen LogP contribution in [-0.4, -0.2) is 29.8 Å². The van der Waals surface area contributed by atoms with Crippen LogP contribution in [0.5, 0.6) is 0 Å². The standard InChI is InChI=1S/C34H42N2O2/c1-32-21-19-27-25(15-18-29-33(27,2)22-20-30(37)36(29)4)26(32)16-17-28(32)31(38)35-34(3,23-11-7-5-8-12-23)24-13-9-6-10-14-24/h5-14,20,22,25-29H,15-19,21H2,1-4H3,(H,35,38)/t25-,26-,27-,28+,29+,32-,33+/m0/s1. The van der Waals surface area contributed by atoms with Gasteiger partial charge in [0.25, 0.3) is 0 Å². The predicted molar refractivity (Wildman–Crippen MR) is 151 cm³/mol. The van der Waals surface area contributed by atoms with Crippen molar-refractivity contribution in [2.45, 2.75) is 70.9 Å². The third-order valence-electron chi connectivity index (χ3n) is 11.5. The molecule has 6 rings (SSSR count). The molecule has 2 aromatic rings. The normalized spacial score (nSPS) is 36.3. The Bertz CT molecular complexity index is 1200. The first-order valence-electron chi connectivity index (χ1n) is 14.6. The van der Waals surface area contributed by atoms with Gasteiger partial charge in [0, 0.05) is 24.4 Å². The molecule has 4 aliphatic rings. The summed E-state index contributed by atoms with van der Waals surface area (Å²) in [6, 6.07) is 21.1. The zero-order valence-corrected chi connectivity index (χ0v) is 23.3. The van der Waals surface area contributed by atoms with Gasteiger partial charge in [-0.1, -0.05) is 80.6 Å². The van der Waals surface area contributed by atoms with E-state index in [1.807, 2.05) is 30.2 Å². The zero-order valence-electron chi connectivity index (χ0n) is 23.3. The number of nitrogens with one attached hydrogen (secondary N) is 1. The maximum Gasteiger partial charge on any atom is 0.246 e. The van der Waals surface area contributed by atoms with E-state index in [2.05, 4.69) is 80.7 Å². The van der Waals surface area contributed by atoms with Gasteiger partial charge in [-0.3, -0.25) is 9.59 Å². The summed E-state index contributed by atoms with van der Waals surface area (Å²) in [5.41, 5.74) is 1.68. The van der Waals surface area contributed by atoms with Crippen LogP contribution < -0.4 is 5.32 Å². The van der Waals surface area contributed by atoms with Crippen LogP contribution in [-0.2, 0) is 15.1 Å². The van der Waals surface area contributed by atoms with Crippen LogP contribution in [0.4, 0.5) is 0 Å². The molecule has 3 aliphatic carbocycles. The molecule has 0 unspecified atom stereocenters. The molecule has 3 saturated carbocycles. The molecule has 3 fully saturated rings. The van der Waals surface area contributed by atoms with Crippen LogP contribution >= 0.6 is 0 Å². The summed E-state index contributed by atoms with van der Waals surface area (Å²) in [5, 5.41) is 3.57. The summed E-state index contributed by atoms with van der Waals surface area (Å²) in [7, 11) is 1.98. The summed E-state index contributed by atoms with van der Waals surface area (Å²) in [6.07, 6.45) is 10.6. The Morgan fingerprint density at radius 1 is 0.895 bits per heavy atom. The van der Waals surface area contributed by atoms with Crippen molar-refractivity contribution in [2.24, 2.45) is 34.5 Å². The van der Waals surface area contributed by atoms with Crippen LogP contribution in [0.3, 0.4) is 0 Å². The molecular weight excluding hydrogens is 468 g/mol. The van der Waals surface area contributed by atoms with Gasteiger partial charge in [-0.25, -0.2) is 0 Å². The van der Waals surface area contributed by atoms with E-state index in [0.29, 0.717) is 23.8 Å². The zero-order chi connectivity index (χ0) is 26.7. The third-order valence-corrected chi connectivity index (χ3v) is 11.5. The van der Waals surface area contributed by atoms with Crippen molar-refractivity contribution in [3.05, 3.63) is 83.9 Å². The van der Waals surface area contributed by atoms with Crippen molar-refractivity contribution in [1.82, 2.24) is 10.2 Å². The van der Waals surface area contributed by atoms with Crippen molar-refractivity contribution in [2.75, 3.05) is 7.05 Å². The van der Waals surface area contributed by atoms with Gasteiger partial charge in [0.2, 0.25) is 11.8 Å². The van der Waals surface area contributed by atoms with E-state index in [0.717, 1.165) is 49.7 Å². The number of fused-ring (bicyclic) bond motifs is 5. The van der Waals surface area contributed by atoms with E-state index in [1.54, 1.807) is 0 Å². The molecule has 0 saturated heterocycles. The Kier molecular flexibility index (Phi) is 6.09. The molecule has 7 atom stereocenters. The highest BCUT2D eigenvalue weighted by molar-refractivity contribution is 5.89. The Morgan fingerprint density at radius 3 is 2.16 bits per heavy atom. The van der Waals surface area contributed by atoms with E-state index >= 15 is 0 Å². The van der Waals surface area contributed by atoms with Gasteiger partial charge in [0.15, 0.2) is 0 Å². The Hall–Kier alpha value is -2.88. The van der Waals surface area contributed by atoms with Crippen molar-refractivity contribution < 1.29 is 9.59 Å². The number of benzene rings is 2. The molecular formula is C34H42N2O2. The number of hydrogen-bond acceptors (Lipinski definition) is 2. The summed E-state index contributed by atoms with van der Waals surface area (Å²) in [5.74, 6) is 2.12. The van der Waals surface area contributed by atoms with E-state index in [4.69, 9.17) is 0 Å². The number of carbonyl (C=O) groups is 2. The highest BCUT2D eigenvalue weighted by Gasteiger charge is 2.61. The fourth-order valence-corrected chi connectivity index (χ4v) is 9.36. The van der Waals surface area contributed by atoms with Crippen LogP contribution in [0.1, 0.15) is 70.4 Å². The minimum atomic E-state index is -0.583. The SMILES string of the molecule is CN1C(=O)C=C[C@]2(C)[C@H]3CC[C@]4(C)[C@@H](C(=O)NC(C)(c5ccccc5)c5ccccc5)CC[C@H]4[C@@H]3CC[C@@H]12. The maximum absolute atomic E-state index is 14.2. The van der Waals surface area contributed by atoms with Gasteiger partial charge >= 0.3 is 0 Å². The Labute approximate surface area is 227 Å². The molecule has 4 heteroatoms. The Balaban J connectivity index is 1.27. The lowest BCUT2D eigenvalue weighted by Crippen LogP contribution is -2.60. The van der Waals surface area contributed by atoms with E-state index in [1.165, 1.54) is 0 Å². The van der Waals surface area contributed by atoms with Gasteiger partial charge < -0.3 is 10.2 Å². The van der Waals surface area contributed by atoms with Crippen LogP contribution in [0.15, 0.2) is 72.8 Å². The monoisotopic (exact) mass is 510 g/mol. The first kappa shape index (κ1) is 25.4. The van der Waals surface area contributed by atoms with Gasteiger partial charge in [-0.15, -0.1) is 0 Å². The molecule has 1 N–H and O–H groups in total. The number of nitrogens with zero attached hydrogens (tertiary/aromatic N) is 1. The van der Waals surface area contributed by atoms with Crippen molar-refractivity contribution >= 4 is 11.8 Å². The average Bonchev–Trinajstić information content (AvgIpc) is 3.29. The lowest BCUT2D eigenvalue weighted by Gasteiger charge is -2.60. The van der Waals surface area contributed by atoms with E-state index in [9.17, 15) is 9.59 Å². The minimum Gasteiger partial charge on any atom is -0.342 e. The Morgan fingerprint density at radius 2 is 1.53 bits per heavy atom. The maximum atomic E-state index is 14.2. The summed E-state index contributed by atoms with van der Waals surface area (Å²) in [4.78, 5) is 28.6. The topological polar surface area (TPSA) is 49.4 Å². The second kappa shape index (κ2) is 9.10. The predicted octanol–water partition coefficient (Wildman–Crippen LogP) is 6.32. The summed E-state index contributed by atoms with van der Waals surface area (Å²) in [6.45, 7) is 6.95. The quantitative estimate of drug-likeness (QED) is 0.523. The lowest BCUT2D eigenvalue weighted by molar-refractivity contribution is -0.142. The molecule has 0 spiro atoms. The fourth-order valence-electron chi connectivity index (χ4n) is 9.36. The van der Waals surface area contributed by atoms with Crippen molar-refractivity contribution in [3.8, 4) is 0 Å². The van der Waals surface area contributed by atoms with Crippen LogP contribution in [0, 0.1) is 34.5 Å². The molecule has 0 bridgehead atoms. The third kappa shape index (κ3) is 3.70. The number of likely N-dealkylation sites (N-methyl/N-ethyl adjacent to an activating group) is 1. The number of carbonyl (C=O) groups excluding carboxylic acids is 2. The first-order valence-corrected chi connectivity index (χ1v) is 14.6. The summed E-state index contributed by atoms with van der Waals surface area (Å²) < 4.78 is 0. The smallest absolute Gasteiger partial charge is 0.246 e. The largest absolute Gasteiger partial charge is 0.342 e. The van der Waals surface area contributed by atoms with Crippen LogP contribution in [0.2, 0.25) is 0 Å². The van der Waals surface area contributed by atoms with E-state index in [-0.39, 0.29) is 28.6 Å². The highest BCUT2D eigenvalue weighted by Crippen LogP contribution is 2.65. The first-order chi connectivity index (χ1) is 18.2. The number of rotatable bonds is 4. The van der Waals surface area contributed by atoms with Crippen LogP contribution in [0.25, 0.3) is 0 Å². The van der Waals surface area contributed by atoms with Crippen molar-refractivity contribution in [1.29, 1.82) is 0 Å². The second-order valence-corrected chi connectivity index (χ2v) is 13.1. The molecule has 0 aromatic heterocycles. The fraction of sp³-hybridized carbons (Fsp3) is 0.529.